The van der Waals surface area contributed by atoms with Crippen molar-refractivity contribution in [3.05, 3.63) is 41.6 Å². The number of carbonyl (C=O) groups is 1. The van der Waals surface area contributed by atoms with Gasteiger partial charge in [0.25, 0.3) is 0 Å². The van der Waals surface area contributed by atoms with E-state index in [0.717, 1.165) is 0 Å². The number of allylic oxidation sites excluding steroid dienone is 2. The fourth-order valence-corrected chi connectivity index (χ4v) is 0.967. The van der Waals surface area contributed by atoms with E-state index in [1.165, 1.54) is 12.1 Å². The molecule has 0 aliphatic rings. The molecular formula is C10H11NO2. The molecule has 0 aliphatic heterocycles. The average Bonchev–Trinajstić information content (AvgIpc) is 2.03. The van der Waals surface area contributed by atoms with Gasteiger partial charge in [-0.2, -0.15) is 0 Å². The van der Waals surface area contributed by atoms with Gasteiger partial charge >= 0.3 is 0 Å². The van der Waals surface area contributed by atoms with Gasteiger partial charge in [0.05, 0.1) is 5.56 Å². The molecule has 0 fully saturated rings. The number of hydrogen-bond donors (Lipinski definition) is 2. The van der Waals surface area contributed by atoms with Crippen LogP contribution >= 0.6 is 0 Å². The van der Waals surface area contributed by atoms with Crippen LogP contribution in [0, 0.1) is 0 Å². The zero-order valence-corrected chi connectivity index (χ0v) is 7.32. The van der Waals surface area contributed by atoms with Gasteiger partial charge in [0, 0.05) is 11.8 Å². The number of para-hydroxylation sites is 1. The Morgan fingerprint density at radius 2 is 2.08 bits per heavy atom. The van der Waals surface area contributed by atoms with Crippen LogP contribution in [0.5, 0.6) is 5.75 Å². The predicted molar refractivity (Wildman–Crippen MR) is 50.4 cm³/mol. The SMILES string of the molecule is C/C(N)=C/C(=O)c1ccccc1O. The van der Waals surface area contributed by atoms with Gasteiger partial charge in [0.2, 0.25) is 0 Å². The van der Waals surface area contributed by atoms with Crippen molar-refractivity contribution in [2.75, 3.05) is 0 Å². The first-order chi connectivity index (χ1) is 6.11. The molecule has 3 N–H and O–H groups in total. The fourth-order valence-electron chi connectivity index (χ4n) is 0.967. The van der Waals surface area contributed by atoms with E-state index < -0.39 is 0 Å². The summed E-state index contributed by atoms with van der Waals surface area (Å²) in [6.07, 6.45) is 1.29. The highest BCUT2D eigenvalue weighted by Crippen LogP contribution is 2.16. The van der Waals surface area contributed by atoms with Crippen molar-refractivity contribution in [1.29, 1.82) is 0 Å². The lowest BCUT2D eigenvalue weighted by molar-refractivity contribution is 0.104. The second-order valence-corrected chi connectivity index (χ2v) is 2.77. The summed E-state index contributed by atoms with van der Waals surface area (Å²) < 4.78 is 0. The molecule has 0 saturated heterocycles. The molecule has 0 bridgehead atoms. The summed E-state index contributed by atoms with van der Waals surface area (Å²) >= 11 is 0. The Kier molecular flexibility index (Phi) is 2.69. The normalized spacial score (nSPS) is 11.3. The first kappa shape index (κ1) is 9.32. The summed E-state index contributed by atoms with van der Waals surface area (Å²) in [6.45, 7) is 1.62. The number of rotatable bonds is 2. The molecule has 3 nitrogen and oxygen atoms in total. The second-order valence-electron chi connectivity index (χ2n) is 2.77. The van der Waals surface area contributed by atoms with Crippen molar-refractivity contribution < 1.29 is 9.90 Å². The Morgan fingerprint density at radius 1 is 1.46 bits per heavy atom. The summed E-state index contributed by atoms with van der Waals surface area (Å²) in [5.74, 6) is -0.303. The number of carbonyl (C=O) groups excluding carboxylic acids is 1. The third-order valence-corrected chi connectivity index (χ3v) is 1.53. The fraction of sp³-hybridized carbons (Fsp3) is 0.100. The van der Waals surface area contributed by atoms with Crippen LogP contribution in [0.1, 0.15) is 17.3 Å². The minimum absolute atomic E-state index is 0.0231. The summed E-state index contributed by atoms with van der Waals surface area (Å²) in [5, 5.41) is 9.30. The van der Waals surface area contributed by atoms with Gasteiger partial charge in [-0.1, -0.05) is 12.1 Å². The molecule has 0 amide bonds. The third-order valence-electron chi connectivity index (χ3n) is 1.53. The number of benzene rings is 1. The van der Waals surface area contributed by atoms with Crippen molar-refractivity contribution in [2.45, 2.75) is 6.92 Å². The lowest BCUT2D eigenvalue weighted by Crippen LogP contribution is -2.00. The first-order valence-electron chi connectivity index (χ1n) is 3.87. The first-order valence-corrected chi connectivity index (χ1v) is 3.87. The van der Waals surface area contributed by atoms with Crippen LogP contribution in [0.25, 0.3) is 0 Å². The van der Waals surface area contributed by atoms with E-state index in [0.29, 0.717) is 5.70 Å². The highest BCUT2D eigenvalue weighted by molar-refractivity contribution is 6.06. The van der Waals surface area contributed by atoms with E-state index in [9.17, 15) is 9.90 Å². The standard InChI is InChI=1S/C10H11NO2/c1-7(11)6-10(13)8-4-2-3-5-9(8)12/h2-6,12H,11H2,1H3/b7-6-. The van der Waals surface area contributed by atoms with Crippen LogP contribution in [-0.4, -0.2) is 10.9 Å². The van der Waals surface area contributed by atoms with Crippen molar-refractivity contribution in [3.8, 4) is 5.75 Å². The molecule has 0 heterocycles. The van der Waals surface area contributed by atoms with Crippen LogP contribution in [0.15, 0.2) is 36.0 Å². The molecule has 0 aliphatic carbocycles. The second kappa shape index (κ2) is 3.76. The molecule has 1 aromatic rings. The molecule has 68 valence electrons. The zero-order chi connectivity index (χ0) is 9.84. The van der Waals surface area contributed by atoms with Gasteiger partial charge in [0.1, 0.15) is 5.75 Å². The maximum atomic E-state index is 11.4. The lowest BCUT2D eigenvalue weighted by atomic mass is 10.1. The number of phenols is 1. The molecule has 0 spiro atoms. The number of aromatic hydroxyl groups is 1. The number of phenolic OH excluding ortho intramolecular Hbond substituents is 1. The summed E-state index contributed by atoms with van der Waals surface area (Å²) in [4.78, 5) is 11.4. The topological polar surface area (TPSA) is 63.3 Å². The van der Waals surface area contributed by atoms with Gasteiger partial charge in [-0.3, -0.25) is 4.79 Å². The molecule has 0 saturated carbocycles. The summed E-state index contributed by atoms with van der Waals surface area (Å²) in [5.41, 5.74) is 6.03. The Bertz CT molecular complexity index is 352. The summed E-state index contributed by atoms with van der Waals surface area (Å²) in [6, 6.07) is 6.36. The molecule has 0 aromatic heterocycles. The van der Waals surface area contributed by atoms with Gasteiger partial charge in [-0.25, -0.2) is 0 Å². The minimum atomic E-state index is -0.280. The van der Waals surface area contributed by atoms with Gasteiger partial charge in [0.15, 0.2) is 5.78 Å². The Labute approximate surface area is 76.5 Å². The minimum Gasteiger partial charge on any atom is -0.507 e. The Hall–Kier alpha value is -1.77. The average molecular weight is 177 g/mol. The van der Waals surface area contributed by atoms with Crippen LogP contribution < -0.4 is 5.73 Å². The monoisotopic (exact) mass is 177 g/mol. The van der Waals surface area contributed by atoms with E-state index in [1.54, 1.807) is 25.1 Å². The van der Waals surface area contributed by atoms with E-state index >= 15 is 0 Å². The van der Waals surface area contributed by atoms with Gasteiger partial charge in [-0.15, -0.1) is 0 Å². The molecular weight excluding hydrogens is 166 g/mol. The summed E-state index contributed by atoms with van der Waals surface area (Å²) in [7, 11) is 0. The Morgan fingerprint density at radius 3 is 2.62 bits per heavy atom. The van der Waals surface area contributed by atoms with Gasteiger partial charge in [-0.05, 0) is 19.1 Å². The lowest BCUT2D eigenvalue weighted by Gasteiger charge is -1.99. The number of nitrogens with two attached hydrogens (primary N) is 1. The molecule has 13 heavy (non-hydrogen) atoms. The van der Waals surface area contributed by atoms with E-state index in [1.807, 2.05) is 0 Å². The maximum absolute atomic E-state index is 11.4. The van der Waals surface area contributed by atoms with Crippen molar-refractivity contribution in [3.63, 3.8) is 0 Å². The van der Waals surface area contributed by atoms with Crippen LogP contribution in [0.4, 0.5) is 0 Å². The molecule has 0 unspecified atom stereocenters. The third kappa shape index (κ3) is 2.33. The van der Waals surface area contributed by atoms with E-state index in [4.69, 9.17) is 5.73 Å². The van der Waals surface area contributed by atoms with Crippen molar-refractivity contribution >= 4 is 5.78 Å². The largest absolute Gasteiger partial charge is 0.507 e. The van der Waals surface area contributed by atoms with E-state index in [-0.39, 0.29) is 17.1 Å². The molecule has 1 rings (SSSR count). The zero-order valence-electron chi connectivity index (χ0n) is 7.32. The number of ketones is 1. The van der Waals surface area contributed by atoms with Gasteiger partial charge < -0.3 is 10.8 Å². The molecule has 3 heteroatoms. The van der Waals surface area contributed by atoms with Crippen LogP contribution in [0.3, 0.4) is 0 Å². The highest BCUT2D eigenvalue weighted by atomic mass is 16.3. The predicted octanol–water partition coefficient (Wildman–Crippen LogP) is 1.44. The van der Waals surface area contributed by atoms with E-state index in [2.05, 4.69) is 0 Å². The smallest absolute Gasteiger partial charge is 0.191 e. The molecule has 0 atom stereocenters. The number of hydrogen-bond acceptors (Lipinski definition) is 3. The molecule has 0 radical (unpaired) electrons. The van der Waals surface area contributed by atoms with Crippen LogP contribution in [0.2, 0.25) is 0 Å². The quantitative estimate of drug-likeness (QED) is 0.530. The van der Waals surface area contributed by atoms with Crippen molar-refractivity contribution in [1.82, 2.24) is 0 Å². The highest BCUT2D eigenvalue weighted by Gasteiger charge is 2.06. The molecule has 1 aromatic carbocycles. The van der Waals surface area contributed by atoms with Crippen LogP contribution in [-0.2, 0) is 0 Å². The van der Waals surface area contributed by atoms with Crippen molar-refractivity contribution in [2.24, 2.45) is 5.73 Å². The maximum Gasteiger partial charge on any atom is 0.191 e. The Balaban J connectivity index is 3.03.